The molecule has 3 aliphatic rings. The molecule has 2 N–H and O–H groups in total. The molecule has 6 rings (SSSR count). The first kappa shape index (κ1) is 21.0. The van der Waals surface area contributed by atoms with Crippen LogP contribution in [0.3, 0.4) is 0 Å². The zero-order valence-electron chi connectivity index (χ0n) is 19.0. The van der Waals surface area contributed by atoms with Crippen molar-refractivity contribution < 1.29 is 14.4 Å². The molecular formula is C26H30N4O3. The number of aromatic nitrogens is 3. The van der Waals surface area contributed by atoms with E-state index in [1.165, 1.54) is 18.4 Å². The van der Waals surface area contributed by atoms with Crippen LogP contribution in [0.2, 0.25) is 0 Å². The van der Waals surface area contributed by atoms with Gasteiger partial charge in [-0.05, 0) is 48.8 Å². The fourth-order valence-corrected chi connectivity index (χ4v) is 5.26. The van der Waals surface area contributed by atoms with Crippen molar-refractivity contribution in [2.24, 2.45) is 5.41 Å². The number of pyridine rings is 1. The normalized spacial score (nSPS) is 22.5. The molecule has 2 saturated heterocycles. The van der Waals surface area contributed by atoms with Gasteiger partial charge in [-0.1, -0.05) is 36.3 Å². The number of rotatable bonds is 6. The zero-order valence-corrected chi connectivity index (χ0v) is 19.0. The highest BCUT2D eigenvalue weighted by Gasteiger charge is 2.53. The lowest BCUT2D eigenvalue weighted by Gasteiger charge is -2.52. The Balaban J connectivity index is 1.36. The van der Waals surface area contributed by atoms with Gasteiger partial charge in [0.2, 0.25) is 0 Å². The van der Waals surface area contributed by atoms with Gasteiger partial charge in [-0.25, -0.2) is 0 Å². The Labute approximate surface area is 193 Å². The third kappa shape index (κ3) is 3.59. The summed E-state index contributed by atoms with van der Waals surface area (Å²) in [5, 5.41) is 19.9. The maximum absolute atomic E-state index is 12.3. The lowest BCUT2D eigenvalue weighted by atomic mass is 9.63. The Morgan fingerprint density at radius 2 is 1.76 bits per heavy atom. The maximum atomic E-state index is 12.3. The number of hydrogen-bond acceptors (Lipinski definition) is 7. The molecule has 1 atom stereocenters. The van der Waals surface area contributed by atoms with E-state index < -0.39 is 5.60 Å². The molecule has 0 bridgehead atoms. The highest BCUT2D eigenvalue weighted by Crippen LogP contribution is 2.49. The Hall–Kier alpha value is -2.61. The highest BCUT2D eigenvalue weighted by molar-refractivity contribution is 5.55. The largest absolute Gasteiger partial charge is 0.381 e. The smallest absolute Gasteiger partial charge is 0.259 e. The van der Waals surface area contributed by atoms with Gasteiger partial charge in [0.25, 0.3) is 5.89 Å². The summed E-state index contributed by atoms with van der Waals surface area (Å²) in [5.74, 6) is 2.10. The molecule has 2 aliphatic heterocycles. The van der Waals surface area contributed by atoms with E-state index in [-0.39, 0.29) is 11.3 Å². The molecule has 1 saturated carbocycles. The fourth-order valence-electron chi connectivity index (χ4n) is 5.26. The highest BCUT2D eigenvalue weighted by atomic mass is 16.5. The van der Waals surface area contributed by atoms with E-state index in [9.17, 15) is 5.11 Å². The van der Waals surface area contributed by atoms with Crippen molar-refractivity contribution in [3.05, 3.63) is 65.2 Å². The molecular weight excluding hydrogens is 416 g/mol. The van der Waals surface area contributed by atoms with Crippen LogP contribution in [0.15, 0.2) is 47.2 Å². The lowest BCUT2D eigenvalue weighted by Crippen LogP contribution is -2.63. The first-order valence-electron chi connectivity index (χ1n) is 12.0. The van der Waals surface area contributed by atoms with E-state index in [0.717, 1.165) is 61.7 Å². The molecule has 33 heavy (non-hydrogen) atoms. The fraction of sp³-hybridized carbons (Fsp3) is 0.500. The quantitative estimate of drug-likeness (QED) is 0.596. The van der Waals surface area contributed by atoms with Crippen LogP contribution in [0.25, 0.3) is 11.5 Å². The first-order valence-corrected chi connectivity index (χ1v) is 12.0. The number of aliphatic hydroxyl groups is 1. The van der Waals surface area contributed by atoms with Crippen LogP contribution in [0.1, 0.15) is 67.0 Å². The van der Waals surface area contributed by atoms with Crippen LogP contribution in [-0.2, 0) is 10.3 Å². The van der Waals surface area contributed by atoms with Gasteiger partial charge in [0.05, 0.1) is 5.56 Å². The monoisotopic (exact) mass is 446 g/mol. The molecule has 1 aromatic carbocycles. The van der Waals surface area contributed by atoms with Gasteiger partial charge < -0.3 is 19.7 Å². The number of hydrogen-bond donors (Lipinski definition) is 2. The van der Waals surface area contributed by atoms with Crippen molar-refractivity contribution in [1.82, 2.24) is 20.4 Å². The van der Waals surface area contributed by atoms with Gasteiger partial charge in [-0.2, -0.15) is 4.98 Å². The molecule has 7 nitrogen and oxygen atoms in total. The Bertz CT molecular complexity index is 1130. The lowest BCUT2D eigenvalue weighted by molar-refractivity contribution is -0.0769. The average molecular weight is 447 g/mol. The molecule has 0 radical (unpaired) electrons. The molecule has 1 unspecified atom stereocenters. The minimum atomic E-state index is -1.19. The van der Waals surface area contributed by atoms with E-state index >= 15 is 0 Å². The summed E-state index contributed by atoms with van der Waals surface area (Å²) >= 11 is 0. The minimum absolute atomic E-state index is 0.259. The summed E-state index contributed by atoms with van der Waals surface area (Å²) < 4.78 is 11.1. The standard InChI is InChI=1S/C26H30N4O3/c1-25(15-28-16-25)26(31,21-6-4-18(5-7-21)17-2-3-17)22-12-20(13-27-14-22)24-29-23(30-33-24)19-8-10-32-11-9-19/h4-7,12-14,17,19,28,31H,2-3,8-11,15-16H2,1H3. The van der Waals surface area contributed by atoms with E-state index in [2.05, 4.69) is 51.6 Å². The van der Waals surface area contributed by atoms with E-state index in [4.69, 9.17) is 9.26 Å². The van der Waals surface area contributed by atoms with Crippen LogP contribution < -0.4 is 5.32 Å². The molecule has 4 heterocycles. The van der Waals surface area contributed by atoms with Gasteiger partial charge in [0, 0.05) is 55.6 Å². The van der Waals surface area contributed by atoms with Crippen molar-refractivity contribution in [2.45, 2.75) is 50.0 Å². The van der Waals surface area contributed by atoms with E-state index in [1.54, 1.807) is 12.4 Å². The molecule has 3 fully saturated rings. The van der Waals surface area contributed by atoms with Crippen LogP contribution in [0.4, 0.5) is 0 Å². The van der Waals surface area contributed by atoms with Crippen LogP contribution in [0, 0.1) is 5.41 Å². The van der Waals surface area contributed by atoms with Crippen LogP contribution in [-0.4, -0.2) is 46.5 Å². The first-order chi connectivity index (χ1) is 16.1. The van der Waals surface area contributed by atoms with Crippen molar-refractivity contribution in [2.75, 3.05) is 26.3 Å². The third-order valence-corrected chi connectivity index (χ3v) is 7.71. The Morgan fingerprint density at radius 1 is 1.00 bits per heavy atom. The zero-order chi connectivity index (χ0) is 22.5. The molecule has 1 aliphatic carbocycles. The summed E-state index contributed by atoms with van der Waals surface area (Å²) in [5.41, 5.74) is 2.18. The predicted octanol–water partition coefficient (Wildman–Crippen LogP) is 3.75. The number of benzene rings is 1. The summed E-state index contributed by atoms with van der Waals surface area (Å²) in [6, 6.07) is 10.5. The summed E-state index contributed by atoms with van der Waals surface area (Å²) in [6.07, 6.45) is 7.81. The predicted molar refractivity (Wildman–Crippen MR) is 123 cm³/mol. The second-order valence-electron chi connectivity index (χ2n) is 10.1. The minimum Gasteiger partial charge on any atom is -0.381 e. The average Bonchev–Trinajstić information content (AvgIpc) is 3.58. The summed E-state index contributed by atoms with van der Waals surface area (Å²) in [6.45, 7) is 5.04. The molecule has 0 amide bonds. The molecule has 2 aromatic heterocycles. The van der Waals surface area contributed by atoms with E-state index in [0.29, 0.717) is 11.8 Å². The van der Waals surface area contributed by atoms with Crippen molar-refractivity contribution in [3.63, 3.8) is 0 Å². The molecule has 172 valence electrons. The number of nitrogens with zero attached hydrogens (tertiary/aromatic N) is 3. The third-order valence-electron chi connectivity index (χ3n) is 7.71. The van der Waals surface area contributed by atoms with Crippen molar-refractivity contribution in [3.8, 4) is 11.5 Å². The number of nitrogens with one attached hydrogen (secondary N) is 1. The van der Waals surface area contributed by atoms with Gasteiger partial charge in [-0.3, -0.25) is 4.98 Å². The maximum Gasteiger partial charge on any atom is 0.259 e. The van der Waals surface area contributed by atoms with Gasteiger partial charge in [0.1, 0.15) is 5.60 Å². The molecule has 7 heteroatoms. The number of ether oxygens (including phenoxy) is 1. The van der Waals surface area contributed by atoms with Crippen molar-refractivity contribution >= 4 is 0 Å². The topological polar surface area (TPSA) is 93.3 Å². The van der Waals surface area contributed by atoms with Crippen LogP contribution >= 0.6 is 0 Å². The summed E-state index contributed by atoms with van der Waals surface area (Å²) in [7, 11) is 0. The van der Waals surface area contributed by atoms with Gasteiger partial charge in [-0.15, -0.1) is 0 Å². The Morgan fingerprint density at radius 3 is 2.42 bits per heavy atom. The second kappa shape index (κ2) is 8.01. The van der Waals surface area contributed by atoms with Gasteiger partial charge in [0.15, 0.2) is 5.82 Å². The molecule has 3 aromatic rings. The Kier molecular flexibility index (Phi) is 5.09. The van der Waals surface area contributed by atoms with E-state index in [1.807, 2.05) is 6.07 Å². The van der Waals surface area contributed by atoms with Crippen molar-refractivity contribution in [1.29, 1.82) is 0 Å². The summed E-state index contributed by atoms with van der Waals surface area (Å²) in [4.78, 5) is 9.14. The molecule has 0 spiro atoms. The second-order valence-corrected chi connectivity index (χ2v) is 10.1. The van der Waals surface area contributed by atoms with Crippen LogP contribution in [0.5, 0.6) is 0 Å². The van der Waals surface area contributed by atoms with Gasteiger partial charge >= 0.3 is 0 Å². The SMILES string of the molecule is CC1(C(O)(c2ccc(C3CC3)cc2)c2cncc(-c3nc(C4CCOCC4)no3)c2)CNC1.